The fourth-order valence-electron chi connectivity index (χ4n) is 3.09. The summed E-state index contributed by atoms with van der Waals surface area (Å²) < 4.78 is 0. The van der Waals surface area contributed by atoms with Gasteiger partial charge in [0.05, 0.1) is 0 Å². The summed E-state index contributed by atoms with van der Waals surface area (Å²) in [5.41, 5.74) is 9.23. The first-order chi connectivity index (χ1) is 8.69. The predicted octanol–water partition coefficient (Wildman–Crippen LogP) is 2.95. The van der Waals surface area contributed by atoms with E-state index >= 15 is 0 Å². The molecule has 0 saturated carbocycles. The quantitative estimate of drug-likeness (QED) is 0.885. The van der Waals surface area contributed by atoms with Gasteiger partial charge in [-0.25, -0.2) is 0 Å². The molecule has 1 aromatic carbocycles. The molecule has 0 aliphatic carbocycles. The van der Waals surface area contributed by atoms with E-state index in [4.69, 9.17) is 5.73 Å². The second-order valence-electron chi connectivity index (χ2n) is 5.74. The molecular weight excluding hydrogens is 220 g/mol. The van der Waals surface area contributed by atoms with Crippen LogP contribution >= 0.6 is 0 Å². The van der Waals surface area contributed by atoms with Gasteiger partial charge in [-0.05, 0) is 43.9 Å². The Bertz CT molecular complexity index is 388. The highest BCUT2D eigenvalue weighted by molar-refractivity contribution is 5.28. The molecule has 0 amide bonds. The first-order valence-electron chi connectivity index (χ1n) is 7.21. The van der Waals surface area contributed by atoms with Gasteiger partial charge in [-0.1, -0.05) is 37.6 Å². The molecule has 1 aliphatic rings. The third-order valence-electron chi connectivity index (χ3n) is 4.35. The van der Waals surface area contributed by atoms with Crippen molar-refractivity contribution < 1.29 is 0 Å². The average molecular weight is 246 g/mol. The third kappa shape index (κ3) is 2.76. The number of benzene rings is 1. The van der Waals surface area contributed by atoms with Crippen molar-refractivity contribution in [3.05, 3.63) is 35.4 Å². The van der Waals surface area contributed by atoms with Crippen LogP contribution in [-0.2, 0) is 13.0 Å². The molecule has 2 heteroatoms. The van der Waals surface area contributed by atoms with Crippen LogP contribution in [0, 0.1) is 0 Å². The molecule has 0 spiro atoms. The van der Waals surface area contributed by atoms with Crippen LogP contribution in [0.15, 0.2) is 24.3 Å². The maximum absolute atomic E-state index is 6.05. The van der Waals surface area contributed by atoms with Crippen molar-refractivity contribution in [3.63, 3.8) is 0 Å². The van der Waals surface area contributed by atoms with Crippen molar-refractivity contribution >= 4 is 0 Å². The normalized spacial score (nSPS) is 19.9. The van der Waals surface area contributed by atoms with Crippen LogP contribution in [0.25, 0.3) is 0 Å². The molecule has 0 bridgehead atoms. The van der Waals surface area contributed by atoms with E-state index in [2.05, 4.69) is 43.0 Å². The van der Waals surface area contributed by atoms with E-state index < -0.39 is 0 Å². The average Bonchev–Trinajstić information content (AvgIpc) is 2.61. The van der Waals surface area contributed by atoms with Crippen molar-refractivity contribution in [3.8, 4) is 0 Å². The Hall–Kier alpha value is -0.860. The fourth-order valence-corrected chi connectivity index (χ4v) is 3.09. The lowest BCUT2D eigenvalue weighted by atomic mass is 9.93. The summed E-state index contributed by atoms with van der Waals surface area (Å²) in [5.74, 6) is 0. The minimum Gasteiger partial charge on any atom is -0.329 e. The molecule has 0 radical (unpaired) electrons. The summed E-state index contributed by atoms with van der Waals surface area (Å²) in [4.78, 5) is 2.60. The van der Waals surface area contributed by atoms with Gasteiger partial charge in [0.2, 0.25) is 0 Å². The Kier molecular flexibility index (Phi) is 4.41. The second kappa shape index (κ2) is 5.85. The van der Waals surface area contributed by atoms with Gasteiger partial charge in [0.1, 0.15) is 0 Å². The molecule has 0 saturated heterocycles. The van der Waals surface area contributed by atoms with Crippen LogP contribution in [0.2, 0.25) is 0 Å². The van der Waals surface area contributed by atoms with Gasteiger partial charge in [-0.15, -0.1) is 0 Å². The monoisotopic (exact) mass is 246 g/mol. The zero-order chi connectivity index (χ0) is 13.0. The molecule has 1 aliphatic heterocycles. The Morgan fingerprint density at radius 1 is 1.28 bits per heavy atom. The van der Waals surface area contributed by atoms with Gasteiger partial charge in [0.15, 0.2) is 0 Å². The molecule has 1 unspecified atom stereocenters. The van der Waals surface area contributed by atoms with Crippen LogP contribution < -0.4 is 5.73 Å². The SMILES string of the molecule is CCCC(C)(CN)N1CCCc2ccccc2C1. The number of nitrogens with two attached hydrogens (primary N) is 1. The Morgan fingerprint density at radius 3 is 2.67 bits per heavy atom. The molecule has 2 N–H and O–H groups in total. The molecule has 100 valence electrons. The van der Waals surface area contributed by atoms with Gasteiger partial charge in [0.25, 0.3) is 0 Å². The number of hydrogen-bond acceptors (Lipinski definition) is 2. The lowest BCUT2D eigenvalue weighted by Crippen LogP contribution is -2.51. The first-order valence-corrected chi connectivity index (χ1v) is 7.21. The lowest BCUT2D eigenvalue weighted by molar-refractivity contribution is 0.0937. The molecule has 1 atom stereocenters. The topological polar surface area (TPSA) is 29.3 Å². The zero-order valence-electron chi connectivity index (χ0n) is 11.8. The predicted molar refractivity (Wildman–Crippen MR) is 77.5 cm³/mol. The van der Waals surface area contributed by atoms with E-state index in [1.165, 1.54) is 43.4 Å². The van der Waals surface area contributed by atoms with E-state index in [0.717, 1.165) is 13.1 Å². The number of fused-ring (bicyclic) bond motifs is 1. The molecule has 2 rings (SSSR count). The smallest absolute Gasteiger partial charge is 0.0307 e. The maximum atomic E-state index is 6.05. The molecule has 1 aromatic rings. The highest BCUT2D eigenvalue weighted by Gasteiger charge is 2.30. The minimum absolute atomic E-state index is 0.159. The highest BCUT2D eigenvalue weighted by atomic mass is 15.2. The highest BCUT2D eigenvalue weighted by Crippen LogP contribution is 2.27. The standard InChI is InChI=1S/C16H26N2/c1-3-10-16(2,13-17)18-11-6-9-14-7-4-5-8-15(14)12-18/h4-5,7-8H,3,6,9-13,17H2,1-2H3. The largest absolute Gasteiger partial charge is 0.329 e. The Balaban J connectivity index is 2.21. The van der Waals surface area contributed by atoms with Crippen LogP contribution in [0.4, 0.5) is 0 Å². The number of aryl methyl sites for hydroxylation is 1. The second-order valence-corrected chi connectivity index (χ2v) is 5.74. The minimum atomic E-state index is 0.159. The van der Waals surface area contributed by atoms with E-state index in [-0.39, 0.29) is 5.54 Å². The van der Waals surface area contributed by atoms with E-state index in [1.807, 2.05) is 0 Å². The summed E-state index contributed by atoms with van der Waals surface area (Å²) in [6.45, 7) is 7.55. The van der Waals surface area contributed by atoms with E-state index in [9.17, 15) is 0 Å². The van der Waals surface area contributed by atoms with Crippen LogP contribution in [0.5, 0.6) is 0 Å². The first kappa shape index (κ1) is 13.6. The van der Waals surface area contributed by atoms with E-state index in [0.29, 0.717) is 0 Å². The number of nitrogens with zero attached hydrogens (tertiary/aromatic N) is 1. The summed E-state index contributed by atoms with van der Waals surface area (Å²) in [6, 6.07) is 8.86. The summed E-state index contributed by atoms with van der Waals surface area (Å²) in [6.07, 6.45) is 4.84. The summed E-state index contributed by atoms with van der Waals surface area (Å²) in [5, 5.41) is 0. The summed E-state index contributed by atoms with van der Waals surface area (Å²) in [7, 11) is 0. The summed E-state index contributed by atoms with van der Waals surface area (Å²) >= 11 is 0. The molecule has 0 fully saturated rings. The van der Waals surface area contributed by atoms with Crippen molar-refractivity contribution in [1.29, 1.82) is 0 Å². The lowest BCUT2D eigenvalue weighted by Gasteiger charge is -2.40. The molecule has 2 nitrogen and oxygen atoms in total. The van der Waals surface area contributed by atoms with Gasteiger partial charge >= 0.3 is 0 Å². The van der Waals surface area contributed by atoms with Crippen molar-refractivity contribution in [2.24, 2.45) is 5.73 Å². The van der Waals surface area contributed by atoms with E-state index in [1.54, 1.807) is 0 Å². The van der Waals surface area contributed by atoms with Gasteiger partial charge in [-0.2, -0.15) is 0 Å². The van der Waals surface area contributed by atoms with Crippen LogP contribution in [0.3, 0.4) is 0 Å². The molecule has 0 aromatic heterocycles. The molecule has 18 heavy (non-hydrogen) atoms. The Labute approximate surface area is 111 Å². The number of hydrogen-bond donors (Lipinski definition) is 1. The zero-order valence-corrected chi connectivity index (χ0v) is 11.8. The van der Waals surface area contributed by atoms with Gasteiger partial charge in [-0.3, -0.25) is 4.90 Å². The maximum Gasteiger partial charge on any atom is 0.0307 e. The van der Waals surface area contributed by atoms with Crippen LogP contribution in [-0.4, -0.2) is 23.5 Å². The third-order valence-corrected chi connectivity index (χ3v) is 4.35. The van der Waals surface area contributed by atoms with Gasteiger partial charge in [0, 0.05) is 18.6 Å². The van der Waals surface area contributed by atoms with Crippen molar-refractivity contribution in [2.45, 2.75) is 51.6 Å². The van der Waals surface area contributed by atoms with Crippen molar-refractivity contribution in [1.82, 2.24) is 4.90 Å². The Morgan fingerprint density at radius 2 is 2.00 bits per heavy atom. The van der Waals surface area contributed by atoms with Crippen molar-refractivity contribution in [2.75, 3.05) is 13.1 Å². The van der Waals surface area contributed by atoms with Crippen LogP contribution in [0.1, 0.15) is 44.2 Å². The van der Waals surface area contributed by atoms with Gasteiger partial charge < -0.3 is 5.73 Å². The number of rotatable bonds is 4. The molecular formula is C16H26N2. The molecule has 1 heterocycles. The fraction of sp³-hybridized carbons (Fsp3) is 0.625.